The normalized spacial score (nSPS) is 13.1. The van der Waals surface area contributed by atoms with Crippen LogP contribution in [0.3, 0.4) is 0 Å². The number of benzene rings is 8. The van der Waals surface area contributed by atoms with E-state index in [-0.39, 0.29) is 0 Å². The maximum absolute atomic E-state index is 4.37. The molecule has 0 aromatic heterocycles. The van der Waals surface area contributed by atoms with Crippen LogP contribution in [-0.4, -0.2) is 0 Å². The Morgan fingerprint density at radius 2 is 0.815 bits per heavy atom. The van der Waals surface area contributed by atoms with Gasteiger partial charge in [-0.2, -0.15) is 0 Å². The summed E-state index contributed by atoms with van der Waals surface area (Å²) in [7, 11) is 0. The monoisotopic (exact) mass is 726 g/mol. The van der Waals surface area contributed by atoms with Gasteiger partial charge in [0, 0.05) is 36.3 Å². The van der Waals surface area contributed by atoms with E-state index in [2.05, 4.69) is 204 Å². The second-order valence-electron chi connectivity index (χ2n) is 13.3. The topological polar surface area (TPSA) is 6.48 Å². The van der Waals surface area contributed by atoms with Crippen molar-refractivity contribution >= 4 is 68.4 Å². The molecule has 10 rings (SSSR count). The van der Waals surface area contributed by atoms with E-state index < -0.39 is 0 Å². The summed E-state index contributed by atoms with van der Waals surface area (Å²) in [5.41, 5.74) is 12.6. The number of allylic oxidation sites excluding steroid dienone is 2. The molecule has 2 nitrogen and oxygen atoms in total. The summed E-state index contributed by atoms with van der Waals surface area (Å²) >= 11 is 3.66. The summed E-state index contributed by atoms with van der Waals surface area (Å²) in [6, 6.07) is 66.0. The van der Waals surface area contributed by atoms with Crippen molar-refractivity contribution < 1.29 is 0 Å². The Balaban J connectivity index is 1.45. The zero-order valence-corrected chi connectivity index (χ0v) is 31.0. The van der Waals surface area contributed by atoms with Gasteiger partial charge in [0.1, 0.15) is 0 Å². The molecule has 0 N–H and O–H groups in total. The first-order chi connectivity index (χ1) is 26.8. The van der Waals surface area contributed by atoms with Crippen LogP contribution in [-0.2, 0) is 0 Å². The molecular weight excluding hydrogens is 693 g/mol. The molecule has 8 aromatic rings. The van der Waals surface area contributed by atoms with Crippen molar-refractivity contribution in [1.29, 1.82) is 0 Å². The van der Waals surface area contributed by atoms with Crippen molar-refractivity contribution in [3.63, 3.8) is 0 Å². The maximum atomic E-state index is 4.37. The summed E-state index contributed by atoms with van der Waals surface area (Å²) in [6.07, 6.45) is 4.17. The van der Waals surface area contributed by atoms with Gasteiger partial charge in [-0.1, -0.05) is 170 Å². The van der Waals surface area contributed by atoms with Crippen LogP contribution >= 0.6 is 23.5 Å². The van der Waals surface area contributed by atoms with Crippen molar-refractivity contribution in [2.24, 2.45) is 0 Å². The van der Waals surface area contributed by atoms with Crippen LogP contribution in [0.5, 0.6) is 0 Å². The summed E-state index contributed by atoms with van der Waals surface area (Å²) in [4.78, 5) is 9.86. The molecule has 0 bridgehead atoms. The lowest BCUT2D eigenvalue weighted by Crippen LogP contribution is -2.23. The summed E-state index contributed by atoms with van der Waals surface area (Å²) < 4.78 is 0. The second-order valence-corrected chi connectivity index (χ2v) is 15.5. The molecule has 2 aliphatic heterocycles. The predicted octanol–water partition coefficient (Wildman–Crippen LogP) is 14.9. The number of anilines is 5. The van der Waals surface area contributed by atoms with Crippen LogP contribution in [0.25, 0.3) is 38.7 Å². The average Bonchev–Trinajstić information content (AvgIpc) is 3.24. The lowest BCUT2D eigenvalue weighted by molar-refractivity contribution is 1.15. The molecule has 0 fully saturated rings. The number of fused-ring (bicyclic) bond motifs is 5. The molecule has 0 amide bonds. The standard InChI is InChI=1S/C50H34N2S2/c1-2-19-42(51-38-26-11-15-30-43(38)53-44-31-16-12-27-39(44)51)49-47(34-20-5-3-6-21-34)36-24-9-10-25-37(36)48(35-22-7-4-8-23-35)50(49)52-40-28-13-17-32-45(40)54-46-33-18-14-29-41(46)52/h2-33H,1H2/b42-19+. The van der Waals surface area contributed by atoms with E-state index in [4.69, 9.17) is 0 Å². The number of para-hydroxylation sites is 4. The number of hydrogen-bond acceptors (Lipinski definition) is 4. The molecule has 4 heteroatoms. The lowest BCUT2D eigenvalue weighted by atomic mass is 9.83. The average molecular weight is 727 g/mol. The molecule has 0 radical (unpaired) electrons. The van der Waals surface area contributed by atoms with Gasteiger partial charge in [0.2, 0.25) is 0 Å². The Labute approximate surface area is 324 Å². The minimum Gasteiger partial charge on any atom is -0.308 e. The number of hydrogen-bond donors (Lipinski definition) is 0. The molecule has 2 aliphatic rings. The highest BCUT2D eigenvalue weighted by Crippen LogP contribution is 2.60. The van der Waals surface area contributed by atoms with E-state index >= 15 is 0 Å². The van der Waals surface area contributed by atoms with Gasteiger partial charge in [-0.25, -0.2) is 0 Å². The van der Waals surface area contributed by atoms with Crippen LogP contribution in [0.15, 0.2) is 220 Å². The molecule has 54 heavy (non-hydrogen) atoms. The molecule has 256 valence electrons. The molecule has 0 aliphatic carbocycles. The zero-order chi connectivity index (χ0) is 36.0. The fourth-order valence-electron chi connectivity index (χ4n) is 7.99. The SMILES string of the molecule is C=C/C=C(\c1c(N2c3ccccc3Sc3ccccc32)c(-c2ccccc2)c2ccccc2c1-c1ccccc1)N1c2ccccc2Sc2ccccc21. The number of rotatable bonds is 6. The van der Waals surface area contributed by atoms with E-state index in [1.54, 1.807) is 0 Å². The first kappa shape index (κ1) is 32.5. The number of nitrogens with zero attached hydrogens (tertiary/aromatic N) is 2. The van der Waals surface area contributed by atoms with E-state index in [1.807, 2.05) is 29.6 Å². The van der Waals surface area contributed by atoms with Crippen molar-refractivity contribution in [3.8, 4) is 22.3 Å². The van der Waals surface area contributed by atoms with Crippen molar-refractivity contribution in [3.05, 3.63) is 206 Å². The van der Waals surface area contributed by atoms with Gasteiger partial charge >= 0.3 is 0 Å². The second kappa shape index (κ2) is 13.7. The van der Waals surface area contributed by atoms with Gasteiger partial charge in [0.05, 0.1) is 34.1 Å². The third-order valence-electron chi connectivity index (χ3n) is 10.2. The minimum absolute atomic E-state index is 1.05. The van der Waals surface area contributed by atoms with Crippen molar-refractivity contribution in [1.82, 2.24) is 0 Å². The maximum Gasteiger partial charge on any atom is 0.0647 e. The predicted molar refractivity (Wildman–Crippen MR) is 231 cm³/mol. The minimum atomic E-state index is 1.05. The van der Waals surface area contributed by atoms with Crippen LogP contribution in [0.4, 0.5) is 28.4 Å². The van der Waals surface area contributed by atoms with Crippen LogP contribution in [0.1, 0.15) is 5.56 Å². The van der Waals surface area contributed by atoms with Crippen LogP contribution < -0.4 is 9.80 Å². The molecule has 0 saturated heterocycles. The van der Waals surface area contributed by atoms with Gasteiger partial charge in [-0.05, 0) is 76.5 Å². The largest absolute Gasteiger partial charge is 0.308 e. The van der Waals surface area contributed by atoms with Gasteiger partial charge in [0.15, 0.2) is 0 Å². The van der Waals surface area contributed by atoms with Gasteiger partial charge in [-0.3, -0.25) is 0 Å². The zero-order valence-electron chi connectivity index (χ0n) is 29.4. The summed E-state index contributed by atoms with van der Waals surface area (Å²) in [6.45, 7) is 4.37. The fourth-order valence-corrected chi connectivity index (χ4v) is 10.1. The quantitative estimate of drug-likeness (QED) is 0.157. The van der Waals surface area contributed by atoms with E-state index in [9.17, 15) is 0 Å². The van der Waals surface area contributed by atoms with Crippen molar-refractivity contribution in [2.75, 3.05) is 9.80 Å². The molecule has 0 spiro atoms. The molecule has 0 saturated carbocycles. The lowest BCUT2D eigenvalue weighted by Gasteiger charge is -2.40. The van der Waals surface area contributed by atoms with Gasteiger partial charge in [0.25, 0.3) is 0 Å². The van der Waals surface area contributed by atoms with Gasteiger partial charge in [-0.15, -0.1) is 0 Å². The molecule has 8 aromatic carbocycles. The first-order valence-electron chi connectivity index (χ1n) is 18.1. The van der Waals surface area contributed by atoms with Crippen LogP contribution in [0, 0.1) is 0 Å². The highest BCUT2D eigenvalue weighted by molar-refractivity contribution is 8.00. The molecule has 0 atom stereocenters. The van der Waals surface area contributed by atoms with Crippen molar-refractivity contribution in [2.45, 2.75) is 19.6 Å². The summed E-state index contributed by atoms with van der Waals surface area (Å²) in [5, 5.41) is 2.39. The Hall–Kier alpha value is -6.20. The highest BCUT2D eigenvalue weighted by Gasteiger charge is 2.36. The third-order valence-corrected chi connectivity index (χ3v) is 12.4. The van der Waals surface area contributed by atoms with Crippen LogP contribution in [0.2, 0.25) is 0 Å². The first-order valence-corrected chi connectivity index (χ1v) is 19.8. The molecule has 0 unspecified atom stereocenters. The Kier molecular flexibility index (Phi) is 8.20. The smallest absolute Gasteiger partial charge is 0.0647 e. The highest BCUT2D eigenvalue weighted by atomic mass is 32.2. The van der Waals surface area contributed by atoms with E-state index in [1.165, 1.54) is 41.5 Å². The Morgan fingerprint density at radius 3 is 1.31 bits per heavy atom. The van der Waals surface area contributed by atoms with Gasteiger partial charge < -0.3 is 9.80 Å². The molecule has 2 heterocycles. The van der Waals surface area contributed by atoms with E-state index in [0.29, 0.717) is 0 Å². The third kappa shape index (κ3) is 5.29. The Morgan fingerprint density at radius 1 is 0.426 bits per heavy atom. The summed E-state index contributed by atoms with van der Waals surface area (Å²) in [5.74, 6) is 0. The Bertz CT molecular complexity index is 2660. The molecular formula is C50H34N2S2. The van der Waals surface area contributed by atoms with E-state index in [0.717, 1.165) is 50.8 Å². The fraction of sp³-hybridized carbons (Fsp3) is 0.